The summed E-state index contributed by atoms with van der Waals surface area (Å²) in [5, 5.41) is 53.7. The second-order valence-electron chi connectivity index (χ2n) is 24.7. The first-order chi connectivity index (χ1) is 50.6. The molecule has 10 rings (SSSR count). The van der Waals surface area contributed by atoms with Crippen molar-refractivity contribution in [3.8, 4) is 0 Å². The molecule has 6 aromatic carbocycles. The quantitative estimate of drug-likeness (QED) is 0.0319. The van der Waals surface area contributed by atoms with Gasteiger partial charge in [-0.3, -0.25) is 14.4 Å². The van der Waals surface area contributed by atoms with Crippen LogP contribution in [0.3, 0.4) is 0 Å². The lowest BCUT2D eigenvalue weighted by molar-refractivity contribution is -0.368. The highest BCUT2D eigenvalue weighted by atomic mass is 16.8. The van der Waals surface area contributed by atoms with Gasteiger partial charge in [-0.25, -0.2) is 28.8 Å². The summed E-state index contributed by atoms with van der Waals surface area (Å²) in [5.41, 5.74) is 0.0647. The molecule has 20 atom stereocenters. The number of Topliss-reactive ketones (excluding diaryl/α,β-unsaturated/α-hetero) is 1. The predicted molar refractivity (Wildman–Crippen MR) is 356 cm³/mol. The van der Waals surface area contributed by atoms with Crippen molar-refractivity contribution < 1.29 is 139 Å². The van der Waals surface area contributed by atoms with Crippen LogP contribution in [0.1, 0.15) is 80.6 Å². The highest BCUT2D eigenvalue weighted by molar-refractivity contribution is 5.92. The fourth-order valence-corrected chi connectivity index (χ4v) is 12.3. The number of fused-ring (bicyclic) bond motifs is 1. The Kier molecular flexibility index (Phi) is 26.7. The maximum absolute atomic E-state index is 14.8. The number of carbonyl (C=O) groups excluding carboxylic acids is 10. The summed E-state index contributed by atoms with van der Waals surface area (Å²) in [6.45, 7) is 1.07. The van der Waals surface area contributed by atoms with E-state index < -0.39 is 202 Å². The number of carbonyl (C=O) groups is 10. The SMILES string of the molecule is COC(=O)[C@H]1O[C@@H](O[C@H]2[C@@H](O)[C@@H](CO)O[C@@H](O[C@H]3[C@H](OC(=O)c4ccccc4)[C@@H](OC(=O)c4ccccc4)[C@H](O[C@H]4[C@@H](O)[C@@H](CO)O[C@@H](OCc5ccc6ccccc6c5)[C@@H]4NC(C)=O)O[C@@H]3C(=O)OC)[C@@H]2NC(C)=O)[C@H](OC(=O)c2ccccc2)[C@@H](OC(=O)c2ccccc2)[C@@H]1OC(=O)CCC(C)=O. The van der Waals surface area contributed by atoms with E-state index in [0.29, 0.717) is 5.56 Å². The van der Waals surface area contributed by atoms with Gasteiger partial charge in [-0.2, -0.15) is 0 Å². The van der Waals surface area contributed by atoms with Crippen LogP contribution in [0, 0.1) is 0 Å². The molecule has 0 aromatic heterocycles. The average molecular weight is 1460 g/mol. The summed E-state index contributed by atoms with van der Waals surface area (Å²) in [7, 11) is 1.83. The molecule has 558 valence electrons. The van der Waals surface area contributed by atoms with Crippen molar-refractivity contribution in [2.75, 3.05) is 27.4 Å². The molecule has 2 amide bonds. The summed E-state index contributed by atoms with van der Waals surface area (Å²) in [6.07, 6.45) is -38.9. The summed E-state index contributed by atoms with van der Waals surface area (Å²) in [5.74, 6) is -10.7. The molecule has 31 heteroatoms. The molecule has 0 aliphatic carbocycles. The Balaban J connectivity index is 1.08. The fourth-order valence-electron chi connectivity index (χ4n) is 12.3. The van der Waals surface area contributed by atoms with E-state index in [9.17, 15) is 68.4 Å². The minimum Gasteiger partial charge on any atom is -0.467 e. The number of benzene rings is 6. The van der Waals surface area contributed by atoms with Crippen LogP contribution in [0.4, 0.5) is 0 Å². The Labute approximate surface area is 600 Å². The van der Waals surface area contributed by atoms with Crippen molar-refractivity contribution >= 4 is 70.2 Å². The van der Waals surface area contributed by atoms with Crippen LogP contribution in [0.2, 0.25) is 0 Å². The number of hydrogen-bond acceptors (Lipinski definition) is 29. The van der Waals surface area contributed by atoms with Crippen molar-refractivity contribution in [3.05, 3.63) is 192 Å². The lowest BCUT2D eigenvalue weighted by Crippen LogP contribution is -2.71. The molecule has 4 fully saturated rings. The van der Waals surface area contributed by atoms with E-state index in [1.807, 2.05) is 36.4 Å². The molecule has 0 unspecified atom stereocenters. The summed E-state index contributed by atoms with van der Waals surface area (Å²) in [6, 6.07) is 38.1. The van der Waals surface area contributed by atoms with Gasteiger partial charge in [-0.1, -0.05) is 109 Å². The lowest BCUT2D eigenvalue weighted by atomic mass is 9.93. The normalized spacial score (nSPS) is 28.6. The molecule has 4 aliphatic rings. The molecule has 31 nitrogen and oxygen atoms in total. The van der Waals surface area contributed by atoms with Gasteiger partial charge in [0.15, 0.2) is 67.9 Å². The van der Waals surface area contributed by atoms with Crippen molar-refractivity contribution in [3.63, 3.8) is 0 Å². The van der Waals surface area contributed by atoms with Gasteiger partial charge in [-0.15, -0.1) is 0 Å². The van der Waals surface area contributed by atoms with Crippen LogP contribution < -0.4 is 10.6 Å². The minimum absolute atomic E-state index is 0.126. The summed E-state index contributed by atoms with van der Waals surface area (Å²) in [4.78, 5) is 140. The predicted octanol–water partition coefficient (Wildman–Crippen LogP) is 2.66. The Hall–Kier alpha value is -10.0. The number of hydrogen-bond donors (Lipinski definition) is 6. The number of rotatable bonds is 27. The highest BCUT2D eigenvalue weighted by Crippen LogP contribution is 2.40. The summed E-state index contributed by atoms with van der Waals surface area (Å²) >= 11 is 0. The van der Waals surface area contributed by atoms with Gasteiger partial charge in [0.2, 0.25) is 11.8 Å². The maximum Gasteiger partial charge on any atom is 0.339 e. The second-order valence-corrected chi connectivity index (χ2v) is 24.7. The number of nitrogens with one attached hydrogen (secondary N) is 2. The molecule has 4 saturated heterocycles. The molecule has 6 N–H and O–H groups in total. The van der Waals surface area contributed by atoms with Crippen LogP contribution in [-0.2, 0) is 106 Å². The van der Waals surface area contributed by atoms with E-state index in [0.717, 1.165) is 38.8 Å². The first-order valence-electron chi connectivity index (χ1n) is 33.3. The number of methoxy groups -OCH3 is 2. The number of esters is 7. The minimum atomic E-state index is -2.35. The molecular weight excluding hydrogens is 1380 g/mol. The molecule has 6 aromatic rings. The fraction of sp³-hybridized carbons (Fsp3) is 0.405. The number of aliphatic hydroxyl groups is 4. The number of ether oxygens (including phenoxy) is 15. The lowest BCUT2D eigenvalue weighted by Gasteiger charge is -2.51. The number of ketones is 1. The number of amides is 2. The third-order valence-electron chi connectivity index (χ3n) is 17.4. The Morgan fingerprint density at radius 3 is 1.20 bits per heavy atom. The molecular formula is C74H78N2O29. The van der Waals surface area contributed by atoms with Gasteiger partial charge in [0.25, 0.3) is 0 Å². The topological polar surface area (TPSA) is 414 Å². The monoisotopic (exact) mass is 1460 g/mol. The molecule has 0 bridgehead atoms. The zero-order valence-corrected chi connectivity index (χ0v) is 57.2. The zero-order chi connectivity index (χ0) is 75.0. The third kappa shape index (κ3) is 19.1. The smallest absolute Gasteiger partial charge is 0.339 e. The Morgan fingerprint density at radius 2 is 0.781 bits per heavy atom. The zero-order valence-electron chi connectivity index (χ0n) is 57.2. The first kappa shape index (κ1) is 77.6. The molecule has 105 heavy (non-hydrogen) atoms. The number of aliphatic hydroxyl groups excluding tert-OH is 4. The first-order valence-corrected chi connectivity index (χ1v) is 33.3. The van der Waals surface area contributed by atoms with Gasteiger partial charge in [0.1, 0.15) is 60.6 Å². The van der Waals surface area contributed by atoms with Crippen LogP contribution in [0.5, 0.6) is 0 Å². The molecule has 0 spiro atoms. The van der Waals surface area contributed by atoms with Gasteiger partial charge in [0.05, 0.1) is 62.7 Å². The Morgan fingerprint density at radius 1 is 0.400 bits per heavy atom. The van der Waals surface area contributed by atoms with Crippen LogP contribution in [0.25, 0.3) is 10.8 Å². The standard InChI is InChI=1S/C74H78N2O29/c1-38(79)30-33-50(82)96-57-59(97-65(85)43-21-10-6-11-22-43)63(99-67(87)45-25-14-8-15-26-45)73(104-61(57)69(89)91-4)102-56-52(76-40(3)81)72(95-49(36-78)54(56)84)103-58-60(98-66(86)44-23-12-7-13-24-44)64(100-68(88)46-27-16-9-17-28-46)74(105-62(58)70(90)92-5)101-55-51(75-39(2)80)71(94-48(35-77)53(55)83)93-37-41-31-32-42-20-18-19-29-47(42)34-41/h6-29,31-32,34,48-49,51-64,71-74,77-78,83-84H,30,33,35-37H2,1-5H3,(H,75,80)(H,76,81)/t48-,49-,51-,52-,53+,54+,55-,56-,57+,58+,59+,60+,61+,62+,63-,64-,71-,72+,73-,74-/m1/s1. The molecule has 4 heterocycles. The van der Waals surface area contributed by atoms with Crippen molar-refractivity contribution in [1.29, 1.82) is 0 Å². The highest BCUT2D eigenvalue weighted by Gasteiger charge is 2.62. The van der Waals surface area contributed by atoms with Crippen LogP contribution in [0.15, 0.2) is 164 Å². The van der Waals surface area contributed by atoms with Crippen molar-refractivity contribution in [1.82, 2.24) is 10.6 Å². The van der Waals surface area contributed by atoms with Crippen LogP contribution >= 0.6 is 0 Å². The third-order valence-corrected chi connectivity index (χ3v) is 17.4. The molecule has 0 radical (unpaired) electrons. The maximum atomic E-state index is 14.8. The van der Waals surface area contributed by atoms with E-state index in [1.54, 1.807) is 30.3 Å². The van der Waals surface area contributed by atoms with E-state index in [4.69, 9.17) is 71.1 Å². The summed E-state index contributed by atoms with van der Waals surface area (Å²) < 4.78 is 92.5. The Bertz CT molecular complexity index is 4000. The van der Waals surface area contributed by atoms with E-state index in [1.165, 1.54) is 104 Å². The van der Waals surface area contributed by atoms with Crippen molar-refractivity contribution in [2.45, 2.75) is 163 Å². The molecule has 4 aliphatic heterocycles. The van der Waals surface area contributed by atoms with Gasteiger partial charge in [-0.05, 0) is 77.9 Å². The van der Waals surface area contributed by atoms with Gasteiger partial charge < -0.3 is 107 Å². The average Bonchev–Trinajstić information content (AvgIpc) is 0.757. The largest absolute Gasteiger partial charge is 0.467 e. The molecule has 0 saturated carbocycles. The van der Waals surface area contributed by atoms with Gasteiger partial charge >= 0.3 is 41.8 Å². The van der Waals surface area contributed by atoms with E-state index >= 15 is 0 Å². The van der Waals surface area contributed by atoms with E-state index in [-0.39, 0.29) is 35.3 Å². The van der Waals surface area contributed by atoms with E-state index in [2.05, 4.69) is 10.6 Å². The van der Waals surface area contributed by atoms with Gasteiger partial charge in [0, 0.05) is 20.3 Å². The van der Waals surface area contributed by atoms with Crippen LogP contribution in [-0.4, -0.2) is 230 Å². The van der Waals surface area contributed by atoms with Crippen molar-refractivity contribution in [2.24, 2.45) is 0 Å². The second kappa shape index (κ2) is 36.1.